The maximum absolute atomic E-state index is 5.70. The number of halogens is 2. The Balaban J connectivity index is 2.17. The Bertz CT molecular complexity index is 540. The molecular weight excluding hydrogens is 376 g/mol. The van der Waals surface area contributed by atoms with Crippen LogP contribution in [0.1, 0.15) is 11.1 Å². The lowest BCUT2D eigenvalue weighted by Gasteiger charge is -2.20. The standard InChI is InChI=1S/C13H14Br2N2S/c1-17(7-10-4-13(15)18-8-10)12-3-9(6-16)2-11(14)5-12/h2-5,8H,6-7,16H2,1H3. The van der Waals surface area contributed by atoms with Gasteiger partial charge in [0.1, 0.15) is 0 Å². The zero-order valence-electron chi connectivity index (χ0n) is 9.99. The Labute approximate surface area is 128 Å². The Morgan fingerprint density at radius 2 is 1.94 bits per heavy atom. The first-order valence-electron chi connectivity index (χ1n) is 5.52. The van der Waals surface area contributed by atoms with Crippen molar-refractivity contribution in [1.29, 1.82) is 0 Å². The highest BCUT2D eigenvalue weighted by Crippen LogP contribution is 2.26. The molecule has 1 heterocycles. The summed E-state index contributed by atoms with van der Waals surface area (Å²) in [6, 6.07) is 8.45. The first kappa shape index (κ1) is 14.1. The lowest BCUT2D eigenvalue weighted by Crippen LogP contribution is -2.16. The molecule has 0 spiro atoms. The second-order valence-electron chi connectivity index (χ2n) is 4.14. The lowest BCUT2D eigenvalue weighted by molar-refractivity contribution is 0.922. The quantitative estimate of drug-likeness (QED) is 0.841. The Morgan fingerprint density at radius 1 is 1.17 bits per heavy atom. The number of rotatable bonds is 4. The predicted molar refractivity (Wildman–Crippen MR) is 86.2 cm³/mol. The third kappa shape index (κ3) is 3.57. The third-order valence-electron chi connectivity index (χ3n) is 2.66. The van der Waals surface area contributed by atoms with Crippen molar-refractivity contribution in [3.63, 3.8) is 0 Å². The lowest BCUT2D eigenvalue weighted by atomic mass is 10.2. The zero-order chi connectivity index (χ0) is 13.1. The van der Waals surface area contributed by atoms with Crippen LogP contribution in [-0.4, -0.2) is 7.05 Å². The van der Waals surface area contributed by atoms with E-state index in [4.69, 9.17) is 5.73 Å². The van der Waals surface area contributed by atoms with E-state index in [1.807, 2.05) is 0 Å². The molecular formula is C13H14Br2N2S. The number of nitrogens with two attached hydrogens (primary N) is 1. The largest absolute Gasteiger partial charge is 0.370 e. The smallest absolute Gasteiger partial charge is 0.0701 e. The van der Waals surface area contributed by atoms with E-state index >= 15 is 0 Å². The van der Waals surface area contributed by atoms with Gasteiger partial charge >= 0.3 is 0 Å². The van der Waals surface area contributed by atoms with E-state index in [2.05, 4.69) is 73.5 Å². The van der Waals surface area contributed by atoms with E-state index in [9.17, 15) is 0 Å². The molecule has 1 aromatic heterocycles. The van der Waals surface area contributed by atoms with Crippen molar-refractivity contribution in [2.75, 3.05) is 11.9 Å². The third-order valence-corrected chi connectivity index (χ3v) is 4.67. The second-order valence-corrected chi connectivity index (χ2v) is 7.34. The number of thiophene rings is 1. The summed E-state index contributed by atoms with van der Waals surface area (Å²) in [5, 5.41) is 2.17. The predicted octanol–water partition coefficient (Wildman–Crippen LogP) is 4.37. The molecule has 0 atom stereocenters. The molecule has 0 amide bonds. The van der Waals surface area contributed by atoms with Gasteiger partial charge in [-0.05, 0) is 56.7 Å². The van der Waals surface area contributed by atoms with Gasteiger partial charge in [-0.15, -0.1) is 11.3 Å². The minimum Gasteiger partial charge on any atom is -0.370 e. The maximum atomic E-state index is 5.70. The molecule has 0 bridgehead atoms. The SMILES string of the molecule is CN(Cc1csc(Br)c1)c1cc(Br)cc(CN)c1. The van der Waals surface area contributed by atoms with Crippen LogP contribution in [0, 0.1) is 0 Å². The number of benzene rings is 1. The van der Waals surface area contributed by atoms with Gasteiger partial charge in [-0.2, -0.15) is 0 Å². The van der Waals surface area contributed by atoms with Crippen LogP contribution in [0.15, 0.2) is 37.9 Å². The molecule has 0 aliphatic carbocycles. The van der Waals surface area contributed by atoms with Gasteiger partial charge in [0.25, 0.3) is 0 Å². The van der Waals surface area contributed by atoms with Gasteiger partial charge in [0.15, 0.2) is 0 Å². The van der Waals surface area contributed by atoms with Crippen LogP contribution >= 0.6 is 43.2 Å². The molecule has 2 nitrogen and oxygen atoms in total. The molecule has 2 aromatic rings. The molecule has 1 aromatic carbocycles. The normalized spacial score (nSPS) is 10.7. The summed E-state index contributed by atoms with van der Waals surface area (Å²) in [5.74, 6) is 0. The van der Waals surface area contributed by atoms with E-state index in [0.29, 0.717) is 6.54 Å². The van der Waals surface area contributed by atoms with Gasteiger partial charge in [-0.3, -0.25) is 0 Å². The van der Waals surface area contributed by atoms with Crippen LogP contribution in [0.2, 0.25) is 0 Å². The summed E-state index contributed by atoms with van der Waals surface area (Å²) in [4.78, 5) is 2.22. The highest BCUT2D eigenvalue weighted by Gasteiger charge is 2.06. The molecule has 0 fully saturated rings. The van der Waals surface area contributed by atoms with Crippen LogP contribution in [0.5, 0.6) is 0 Å². The number of nitrogens with zero attached hydrogens (tertiary/aromatic N) is 1. The van der Waals surface area contributed by atoms with Gasteiger partial charge in [-0.1, -0.05) is 15.9 Å². The number of hydrogen-bond donors (Lipinski definition) is 1. The van der Waals surface area contributed by atoms with Crippen molar-refractivity contribution in [2.24, 2.45) is 5.73 Å². The molecule has 0 saturated heterocycles. The van der Waals surface area contributed by atoms with Gasteiger partial charge in [-0.25, -0.2) is 0 Å². The monoisotopic (exact) mass is 388 g/mol. The Kier molecular flexibility index (Phi) is 4.84. The van der Waals surface area contributed by atoms with Crippen molar-refractivity contribution < 1.29 is 0 Å². The van der Waals surface area contributed by atoms with E-state index in [-0.39, 0.29) is 0 Å². The Hall–Kier alpha value is -0.360. The molecule has 96 valence electrons. The summed E-state index contributed by atoms with van der Waals surface area (Å²) in [7, 11) is 2.09. The van der Waals surface area contributed by atoms with Gasteiger partial charge < -0.3 is 10.6 Å². The van der Waals surface area contributed by atoms with E-state index in [1.54, 1.807) is 11.3 Å². The highest BCUT2D eigenvalue weighted by molar-refractivity contribution is 9.11. The fraction of sp³-hybridized carbons (Fsp3) is 0.231. The van der Waals surface area contributed by atoms with Crippen molar-refractivity contribution in [2.45, 2.75) is 13.1 Å². The minimum atomic E-state index is 0.560. The van der Waals surface area contributed by atoms with Gasteiger partial charge in [0, 0.05) is 30.3 Å². The molecule has 0 radical (unpaired) electrons. The van der Waals surface area contributed by atoms with Crippen LogP contribution in [-0.2, 0) is 13.1 Å². The molecule has 0 unspecified atom stereocenters. The van der Waals surface area contributed by atoms with Crippen LogP contribution < -0.4 is 10.6 Å². The molecule has 0 aliphatic heterocycles. The summed E-state index contributed by atoms with van der Waals surface area (Å²) in [5.41, 5.74) is 9.32. The van der Waals surface area contributed by atoms with Gasteiger partial charge in [0.05, 0.1) is 3.79 Å². The average molecular weight is 390 g/mol. The zero-order valence-corrected chi connectivity index (χ0v) is 14.0. The van der Waals surface area contributed by atoms with Crippen LogP contribution in [0.3, 0.4) is 0 Å². The highest BCUT2D eigenvalue weighted by atomic mass is 79.9. The van der Waals surface area contributed by atoms with Crippen molar-refractivity contribution in [3.05, 3.63) is 49.0 Å². The number of anilines is 1. The van der Waals surface area contributed by atoms with Crippen molar-refractivity contribution in [3.8, 4) is 0 Å². The van der Waals surface area contributed by atoms with Crippen LogP contribution in [0.25, 0.3) is 0 Å². The molecule has 5 heteroatoms. The van der Waals surface area contributed by atoms with Crippen molar-refractivity contribution in [1.82, 2.24) is 0 Å². The molecule has 0 aliphatic rings. The van der Waals surface area contributed by atoms with Crippen LogP contribution in [0.4, 0.5) is 5.69 Å². The molecule has 0 saturated carbocycles. The molecule has 18 heavy (non-hydrogen) atoms. The topological polar surface area (TPSA) is 29.3 Å². The number of hydrogen-bond acceptors (Lipinski definition) is 3. The summed E-state index contributed by atoms with van der Waals surface area (Å²) in [6.07, 6.45) is 0. The van der Waals surface area contributed by atoms with Gasteiger partial charge in [0.2, 0.25) is 0 Å². The van der Waals surface area contributed by atoms with E-state index < -0.39 is 0 Å². The summed E-state index contributed by atoms with van der Waals surface area (Å²) in [6.45, 7) is 1.45. The summed E-state index contributed by atoms with van der Waals surface area (Å²) < 4.78 is 2.24. The minimum absolute atomic E-state index is 0.560. The fourth-order valence-electron chi connectivity index (χ4n) is 1.77. The summed E-state index contributed by atoms with van der Waals surface area (Å²) >= 11 is 8.73. The first-order valence-corrected chi connectivity index (χ1v) is 7.98. The molecule has 2 rings (SSSR count). The fourth-order valence-corrected chi connectivity index (χ4v) is 3.49. The van der Waals surface area contributed by atoms with Crippen molar-refractivity contribution >= 4 is 48.9 Å². The maximum Gasteiger partial charge on any atom is 0.0701 e. The Morgan fingerprint density at radius 3 is 2.56 bits per heavy atom. The molecule has 2 N–H and O–H groups in total. The second kappa shape index (κ2) is 6.19. The average Bonchev–Trinajstić information content (AvgIpc) is 2.73. The first-order chi connectivity index (χ1) is 8.58. The van der Waals surface area contributed by atoms with E-state index in [1.165, 1.54) is 15.0 Å². The van der Waals surface area contributed by atoms with E-state index in [0.717, 1.165) is 16.6 Å².